The van der Waals surface area contributed by atoms with Crippen LogP contribution in [-0.2, 0) is 4.79 Å². The highest BCUT2D eigenvalue weighted by atomic mass is 16.4. The first-order valence-corrected chi connectivity index (χ1v) is 5.68. The van der Waals surface area contributed by atoms with Gasteiger partial charge in [-0.15, -0.1) is 0 Å². The number of aromatic nitrogens is 2. The Morgan fingerprint density at radius 3 is 2.82 bits per heavy atom. The van der Waals surface area contributed by atoms with Gasteiger partial charge in [-0.1, -0.05) is 19.9 Å². The molecule has 1 aliphatic carbocycles. The number of rotatable bonds is 2. The third kappa shape index (κ3) is 1.37. The third-order valence-electron chi connectivity index (χ3n) is 3.79. The fourth-order valence-corrected chi connectivity index (χ4v) is 2.75. The van der Waals surface area contributed by atoms with Gasteiger partial charge in [0.05, 0.1) is 11.6 Å². The standard InChI is InChI=1S/C13H14N2O2/c1-13(2)10(11(13)12(16)17)8-7-15-6-4-3-5-9(15)14-8/h3-7,10-11H,1-2H3,(H,16,17). The summed E-state index contributed by atoms with van der Waals surface area (Å²) in [5.41, 5.74) is 1.56. The van der Waals surface area contributed by atoms with Gasteiger partial charge in [-0.25, -0.2) is 4.98 Å². The van der Waals surface area contributed by atoms with E-state index in [2.05, 4.69) is 4.98 Å². The van der Waals surface area contributed by atoms with Crippen molar-refractivity contribution in [3.63, 3.8) is 0 Å². The fourth-order valence-electron chi connectivity index (χ4n) is 2.75. The van der Waals surface area contributed by atoms with Crippen molar-refractivity contribution < 1.29 is 9.90 Å². The predicted octanol–water partition coefficient (Wildman–Crippen LogP) is 2.16. The quantitative estimate of drug-likeness (QED) is 0.860. The van der Waals surface area contributed by atoms with Crippen molar-refractivity contribution in [2.24, 2.45) is 11.3 Å². The smallest absolute Gasteiger partial charge is 0.307 e. The molecular formula is C13H14N2O2. The first kappa shape index (κ1) is 10.3. The van der Waals surface area contributed by atoms with Crippen LogP contribution in [0.3, 0.4) is 0 Å². The second-order valence-corrected chi connectivity index (χ2v) is 5.25. The van der Waals surface area contributed by atoms with Crippen LogP contribution < -0.4 is 0 Å². The Labute approximate surface area is 98.9 Å². The second-order valence-electron chi connectivity index (χ2n) is 5.25. The molecule has 0 spiro atoms. The van der Waals surface area contributed by atoms with Crippen LogP contribution in [0.5, 0.6) is 0 Å². The lowest BCUT2D eigenvalue weighted by Crippen LogP contribution is -2.03. The van der Waals surface area contributed by atoms with Crippen molar-refractivity contribution in [2.75, 3.05) is 0 Å². The van der Waals surface area contributed by atoms with Crippen LogP contribution in [0.25, 0.3) is 5.65 Å². The second kappa shape index (κ2) is 3.09. The van der Waals surface area contributed by atoms with E-state index < -0.39 is 5.97 Å². The minimum Gasteiger partial charge on any atom is -0.481 e. The third-order valence-corrected chi connectivity index (χ3v) is 3.79. The van der Waals surface area contributed by atoms with E-state index in [0.29, 0.717) is 0 Å². The molecule has 0 radical (unpaired) electrons. The number of aliphatic carboxylic acids is 1. The number of carboxylic acids is 1. The Morgan fingerprint density at radius 2 is 2.24 bits per heavy atom. The number of carboxylic acid groups (broad SMARTS) is 1. The van der Waals surface area contributed by atoms with Crippen molar-refractivity contribution in [3.05, 3.63) is 36.3 Å². The number of carbonyl (C=O) groups is 1. The summed E-state index contributed by atoms with van der Waals surface area (Å²) in [5.74, 6) is -1.01. The van der Waals surface area contributed by atoms with E-state index in [4.69, 9.17) is 5.11 Å². The average molecular weight is 230 g/mol. The predicted molar refractivity (Wildman–Crippen MR) is 62.8 cm³/mol. The van der Waals surface area contributed by atoms with Gasteiger partial charge in [-0.2, -0.15) is 0 Å². The molecule has 1 N–H and O–H groups in total. The molecule has 4 heteroatoms. The van der Waals surface area contributed by atoms with Gasteiger partial charge < -0.3 is 9.51 Å². The molecule has 88 valence electrons. The van der Waals surface area contributed by atoms with E-state index in [0.717, 1.165) is 11.3 Å². The van der Waals surface area contributed by atoms with Crippen LogP contribution in [0.15, 0.2) is 30.6 Å². The normalized spacial score (nSPS) is 26.0. The summed E-state index contributed by atoms with van der Waals surface area (Å²) >= 11 is 0. The van der Waals surface area contributed by atoms with E-state index in [9.17, 15) is 4.79 Å². The van der Waals surface area contributed by atoms with Crippen LogP contribution in [0.4, 0.5) is 0 Å². The highest BCUT2D eigenvalue weighted by Crippen LogP contribution is 2.64. The Balaban J connectivity index is 2.03. The fraction of sp³-hybridized carbons (Fsp3) is 0.385. The summed E-state index contributed by atoms with van der Waals surface area (Å²) in [4.78, 5) is 15.6. The molecule has 1 saturated carbocycles. The minimum absolute atomic E-state index is 0.0277. The van der Waals surface area contributed by atoms with Gasteiger partial charge in [-0.3, -0.25) is 4.79 Å². The molecule has 2 unspecified atom stereocenters. The summed E-state index contributed by atoms with van der Waals surface area (Å²) in [6.45, 7) is 3.97. The van der Waals surface area contributed by atoms with Crippen molar-refractivity contribution in [3.8, 4) is 0 Å². The molecule has 4 nitrogen and oxygen atoms in total. The molecular weight excluding hydrogens is 216 g/mol. The lowest BCUT2D eigenvalue weighted by atomic mass is 10.1. The van der Waals surface area contributed by atoms with Crippen LogP contribution in [-0.4, -0.2) is 20.5 Å². The lowest BCUT2D eigenvalue weighted by Gasteiger charge is -1.97. The number of hydrogen-bond donors (Lipinski definition) is 1. The van der Waals surface area contributed by atoms with E-state index in [1.165, 1.54) is 0 Å². The monoisotopic (exact) mass is 230 g/mol. The van der Waals surface area contributed by atoms with Gasteiger partial charge in [-0.05, 0) is 17.5 Å². The zero-order chi connectivity index (χ0) is 12.2. The maximum Gasteiger partial charge on any atom is 0.307 e. The van der Waals surface area contributed by atoms with E-state index in [-0.39, 0.29) is 17.3 Å². The molecule has 0 saturated heterocycles. The summed E-state index contributed by atoms with van der Waals surface area (Å²) in [6.07, 6.45) is 3.86. The number of pyridine rings is 1. The largest absolute Gasteiger partial charge is 0.481 e. The molecule has 2 aromatic heterocycles. The van der Waals surface area contributed by atoms with Crippen LogP contribution in [0.2, 0.25) is 0 Å². The zero-order valence-electron chi connectivity index (χ0n) is 9.79. The Bertz CT molecular complexity index is 567. The zero-order valence-corrected chi connectivity index (χ0v) is 9.79. The maximum absolute atomic E-state index is 11.1. The van der Waals surface area contributed by atoms with Crippen LogP contribution >= 0.6 is 0 Å². The van der Waals surface area contributed by atoms with Crippen molar-refractivity contribution in [1.82, 2.24) is 9.38 Å². The molecule has 2 heterocycles. The van der Waals surface area contributed by atoms with Gasteiger partial charge in [0.2, 0.25) is 0 Å². The van der Waals surface area contributed by atoms with E-state index in [1.54, 1.807) is 0 Å². The highest BCUT2D eigenvalue weighted by molar-refractivity contribution is 5.77. The number of fused-ring (bicyclic) bond motifs is 1. The summed E-state index contributed by atoms with van der Waals surface area (Å²) in [5, 5.41) is 9.16. The van der Waals surface area contributed by atoms with E-state index in [1.807, 2.05) is 48.8 Å². The number of nitrogens with zero attached hydrogens (tertiary/aromatic N) is 2. The molecule has 1 aliphatic rings. The van der Waals surface area contributed by atoms with Gasteiger partial charge in [0, 0.05) is 18.3 Å². The molecule has 2 aromatic rings. The topological polar surface area (TPSA) is 54.6 Å². The Morgan fingerprint density at radius 1 is 1.47 bits per heavy atom. The number of imidazole rings is 1. The molecule has 2 atom stereocenters. The van der Waals surface area contributed by atoms with Crippen molar-refractivity contribution in [2.45, 2.75) is 19.8 Å². The minimum atomic E-state index is -0.725. The molecule has 3 rings (SSSR count). The van der Waals surface area contributed by atoms with Crippen molar-refractivity contribution in [1.29, 1.82) is 0 Å². The summed E-state index contributed by atoms with van der Waals surface area (Å²) in [7, 11) is 0. The summed E-state index contributed by atoms with van der Waals surface area (Å²) in [6, 6.07) is 5.79. The maximum atomic E-state index is 11.1. The number of hydrogen-bond acceptors (Lipinski definition) is 2. The molecule has 1 fully saturated rings. The van der Waals surface area contributed by atoms with Gasteiger partial charge in [0.1, 0.15) is 5.65 Å². The molecule has 0 amide bonds. The van der Waals surface area contributed by atoms with Crippen LogP contribution in [0.1, 0.15) is 25.5 Å². The first-order valence-electron chi connectivity index (χ1n) is 5.68. The van der Waals surface area contributed by atoms with Gasteiger partial charge in [0.25, 0.3) is 0 Å². The summed E-state index contributed by atoms with van der Waals surface area (Å²) < 4.78 is 1.93. The SMILES string of the molecule is CC1(C)C(C(=O)O)C1c1cn2ccccc2n1. The molecule has 0 bridgehead atoms. The highest BCUT2D eigenvalue weighted by Gasteiger charge is 2.63. The molecule has 0 aliphatic heterocycles. The van der Waals surface area contributed by atoms with E-state index >= 15 is 0 Å². The van der Waals surface area contributed by atoms with Gasteiger partial charge in [0.15, 0.2) is 0 Å². The molecule has 0 aromatic carbocycles. The average Bonchev–Trinajstić information content (AvgIpc) is 2.68. The Hall–Kier alpha value is -1.84. The first-order chi connectivity index (χ1) is 8.01. The van der Waals surface area contributed by atoms with Gasteiger partial charge >= 0.3 is 5.97 Å². The van der Waals surface area contributed by atoms with Crippen LogP contribution in [0, 0.1) is 11.3 Å². The lowest BCUT2D eigenvalue weighted by molar-refractivity contribution is -0.139. The molecule has 17 heavy (non-hydrogen) atoms. The Kier molecular flexibility index (Phi) is 1.88. The van der Waals surface area contributed by atoms with Crippen molar-refractivity contribution >= 4 is 11.6 Å².